The van der Waals surface area contributed by atoms with Crippen LogP contribution in [0, 0.1) is 6.92 Å². The summed E-state index contributed by atoms with van der Waals surface area (Å²) in [6, 6.07) is 9.43. The monoisotopic (exact) mass is 513 g/mol. The first-order valence-electron chi connectivity index (χ1n) is 10.1. The predicted octanol–water partition coefficient (Wildman–Crippen LogP) is 3.02. The molecule has 8 heteroatoms. The molecule has 1 aliphatic rings. The van der Waals surface area contributed by atoms with E-state index in [0.29, 0.717) is 5.75 Å². The van der Waals surface area contributed by atoms with Crippen molar-refractivity contribution in [2.75, 3.05) is 39.3 Å². The summed E-state index contributed by atoms with van der Waals surface area (Å²) < 4.78 is 5.16. The predicted molar refractivity (Wildman–Crippen MR) is 126 cm³/mol. The number of phenolic OH excluding ortho intramolecular Hbond substituents is 1. The zero-order valence-electron chi connectivity index (χ0n) is 17.3. The lowest BCUT2D eigenvalue weighted by Crippen LogP contribution is -2.52. The van der Waals surface area contributed by atoms with E-state index >= 15 is 0 Å². The maximum Gasteiger partial charge on any atom is 0.194 e. The lowest BCUT2D eigenvalue weighted by Gasteiger charge is -2.36. The van der Waals surface area contributed by atoms with Crippen molar-refractivity contribution in [3.63, 3.8) is 0 Å². The molecule has 29 heavy (non-hydrogen) atoms. The van der Waals surface area contributed by atoms with Gasteiger partial charge in [-0.3, -0.25) is 9.89 Å². The van der Waals surface area contributed by atoms with E-state index in [1.54, 1.807) is 12.1 Å². The highest BCUT2D eigenvalue weighted by molar-refractivity contribution is 14.0. The molecule has 1 aliphatic heterocycles. The van der Waals surface area contributed by atoms with E-state index in [1.165, 1.54) is 5.56 Å². The average molecular weight is 513 g/mol. The van der Waals surface area contributed by atoms with Crippen molar-refractivity contribution in [3.05, 3.63) is 47.3 Å². The Labute approximate surface area is 190 Å². The second-order valence-corrected chi connectivity index (χ2v) is 7.20. The SMILES string of the molecule is CCNC(=NCCCc1ccc(O)cc1)N1CCN(Cc2cc(C)on2)CC1.I. The lowest BCUT2D eigenvalue weighted by atomic mass is 10.1. The molecule has 0 spiro atoms. The number of aliphatic imine (C=N–C) groups is 1. The molecule has 1 aromatic heterocycles. The molecule has 160 valence electrons. The van der Waals surface area contributed by atoms with Crippen LogP contribution in [0.5, 0.6) is 5.75 Å². The Bertz CT molecular complexity index is 755. The van der Waals surface area contributed by atoms with Crippen molar-refractivity contribution in [1.82, 2.24) is 20.3 Å². The molecule has 1 saturated heterocycles. The first-order valence-corrected chi connectivity index (χ1v) is 10.1. The van der Waals surface area contributed by atoms with Crippen LogP contribution in [0.3, 0.4) is 0 Å². The van der Waals surface area contributed by atoms with Crippen LogP contribution < -0.4 is 5.32 Å². The third kappa shape index (κ3) is 7.50. The Balaban J connectivity index is 0.00000300. The number of nitrogens with zero attached hydrogens (tertiary/aromatic N) is 4. The fraction of sp³-hybridized carbons (Fsp3) is 0.524. The zero-order chi connectivity index (χ0) is 19.8. The minimum Gasteiger partial charge on any atom is -0.508 e. The van der Waals surface area contributed by atoms with E-state index in [0.717, 1.165) is 76.1 Å². The van der Waals surface area contributed by atoms with Gasteiger partial charge in [0.25, 0.3) is 0 Å². The highest BCUT2D eigenvalue weighted by atomic mass is 127. The highest BCUT2D eigenvalue weighted by Gasteiger charge is 2.20. The van der Waals surface area contributed by atoms with E-state index in [1.807, 2.05) is 25.1 Å². The van der Waals surface area contributed by atoms with Crippen molar-refractivity contribution in [2.24, 2.45) is 4.99 Å². The summed E-state index contributed by atoms with van der Waals surface area (Å²) in [5.41, 5.74) is 2.23. The van der Waals surface area contributed by atoms with Crippen LogP contribution in [0.25, 0.3) is 0 Å². The Morgan fingerprint density at radius 1 is 1.21 bits per heavy atom. The summed E-state index contributed by atoms with van der Waals surface area (Å²) in [4.78, 5) is 9.57. The van der Waals surface area contributed by atoms with Crippen LogP contribution in [0.4, 0.5) is 0 Å². The molecule has 0 saturated carbocycles. The molecule has 2 heterocycles. The minimum atomic E-state index is 0. The maximum atomic E-state index is 9.36. The van der Waals surface area contributed by atoms with Crippen molar-refractivity contribution in [3.8, 4) is 5.75 Å². The molecule has 1 fully saturated rings. The highest BCUT2D eigenvalue weighted by Crippen LogP contribution is 2.12. The van der Waals surface area contributed by atoms with Crippen LogP contribution in [0.15, 0.2) is 39.8 Å². The Morgan fingerprint density at radius 3 is 2.55 bits per heavy atom. The normalized spacial score (nSPS) is 15.2. The van der Waals surface area contributed by atoms with Gasteiger partial charge in [0.05, 0.1) is 5.69 Å². The van der Waals surface area contributed by atoms with Crippen LogP contribution >= 0.6 is 24.0 Å². The summed E-state index contributed by atoms with van der Waals surface area (Å²) in [5, 5.41) is 16.9. The second kappa shape index (κ2) is 12.0. The number of piperazine rings is 1. The van der Waals surface area contributed by atoms with Crippen molar-refractivity contribution < 1.29 is 9.63 Å². The van der Waals surface area contributed by atoms with Gasteiger partial charge >= 0.3 is 0 Å². The van der Waals surface area contributed by atoms with E-state index in [9.17, 15) is 5.11 Å². The largest absolute Gasteiger partial charge is 0.508 e. The molecule has 0 unspecified atom stereocenters. The quantitative estimate of drug-likeness (QED) is 0.257. The van der Waals surface area contributed by atoms with Crippen LogP contribution in [-0.2, 0) is 13.0 Å². The lowest BCUT2D eigenvalue weighted by molar-refractivity contribution is 0.169. The number of halogens is 1. The van der Waals surface area contributed by atoms with Gasteiger partial charge in [-0.1, -0.05) is 17.3 Å². The zero-order valence-corrected chi connectivity index (χ0v) is 19.6. The number of aromatic nitrogens is 1. The first-order chi connectivity index (χ1) is 13.6. The van der Waals surface area contributed by atoms with Gasteiger partial charge in [0.15, 0.2) is 5.96 Å². The Hall–Kier alpha value is -1.81. The number of aromatic hydroxyl groups is 1. The van der Waals surface area contributed by atoms with Gasteiger partial charge in [-0.15, -0.1) is 24.0 Å². The van der Waals surface area contributed by atoms with Crippen LogP contribution in [0.2, 0.25) is 0 Å². The summed E-state index contributed by atoms with van der Waals surface area (Å²) in [6.07, 6.45) is 1.96. The number of hydrogen-bond donors (Lipinski definition) is 2. The molecule has 0 amide bonds. The third-order valence-electron chi connectivity index (χ3n) is 4.89. The fourth-order valence-electron chi connectivity index (χ4n) is 3.40. The molecule has 0 aliphatic carbocycles. The van der Waals surface area contributed by atoms with E-state index in [-0.39, 0.29) is 24.0 Å². The average Bonchev–Trinajstić information content (AvgIpc) is 3.11. The number of aryl methyl sites for hydroxylation is 2. The summed E-state index contributed by atoms with van der Waals surface area (Å²) in [5.74, 6) is 2.18. The minimum absolute atomic E-state index is 0. The topological polar surface area (TPSA) is 77.1 Å². The molecular weight excluding hydrogens is 481 g/mol. The molecular formula is C21H32IN5O2. The van der Waals surface area contributed by atoms with E-state index in [2.05, 4.69) is 27.2 Å². The van der Waals surface area contributed by atoms with Gasteiger partial charge in [0.2, 0.25) is 0 Å². The molecule has 0 bridgehead atoms. The van der Waals surface area contributed by atoms with Gasteiger partial charge in [-0.25, -0.2) is 0 Å². The Morgan fingerprint density at radius 2 is 1.93 bits per heavy atom. The van der Waals surface area contributed by atoms with Gasteiger partial charge in [0, 0.05) is 51.9 Å². The molecule has 1 aromatic carbocycles. The van der Waals surface area contributed by atoms with Crippen LogP contribution in [-0.4, -0.2) is 65.3 Å². The van der Waals surface area contributed by atoms with Gasteiger partial charge in [-0.2, -0.15) is 0 Å². The molecule has 7 nitrogen and oxygen atoms in total. The van der Waals surface area contributed by atoms with Gasteiger partial charge < -0.3 is 19.8 Å². The molecule has 0 radical (unpaired) electrons. The van der Waals surface area contributed by atoms with Crippen molar-refractivity contribution >= 4 is 29.9 Å². The van der Waals surface area contributed by atoms with Crippen molar-refractivity contribution in [2.45, 2.75) is 33.2 Å². The standard InChI is InChI=1S/C21H31N5O2.HI/c1-3-22-21(23-10-4-5-18-6-8-20(27)9-7-18)26-13-11-25(12-14-26)16-19-15-17(2)28-24-19;/h6-9,15,27H,3-5,10-14,16H2,1-2H3,(H,22,23);1H. The number of nitrogens with one attached hydrogen (secondary N) is 1. The summed E-state index contributed by atoms with van der Waals surface area (Å²) in [7, 11) is 0. The second-order valence-electron chi connectivity index (χ2n) is 7.20. The smallest absolute Gasteiger partial charge is 0.194 e. The number of phenols is 1. The van der Waals surface area contributed by atoms with Crippen molar-refractivity contribution in [1.29, 1.82) is 0 Å². The molecule has 0 atom stereocenters. The fourth-order valence-corrected chi connectivity index (χ4v) is 3.40. The molecule has 3 rings (SSSR count). The number of hydrogen-bond acceptors (Lipinski definition) is 5. The number of guanidine groups is 1. The Kier molecular flexibility index (Phi) is 9.72. The maximum absolute atomic E-state index is 9.36. The van der Waals surface area contributed by atoms with Gasteiger partial charge in [-0.05, 0) is 44.4 Å². The van der Waals surface area contributed by atoms with E-state index < -0.39 is 0 Å². The summed E-state index contributed by atoms with van der Waals surface area (Å²) >= 11 is 0. The first kappa shape index (κ1) is 23.5. The van der Waals surface area contributed by atoms with Crippen LogP contribution in [0.1, 0.15) is 30.4 Å². The third-order valence-corrected chi connectivity index (χ3v) is 4.89. The van der Waals surface area contributed by atoms with E-state index in [4.69, 9.17) is 9.52 Å². The number of rotatable bonds is 7. The molecule has 2 N–H and O–H groups in total. The number of benzene rings is 1. The summed E-state index contributed by atoms with van der Waals surface area (Å²) in [6.45, 7) is 10.4. The van der Waals surface area contributed by atoms with Gasteiger partial charge in [0.1, 0.15) is 11.5 Å². The molecule has 2 aromatic rings.